The van der Waals surface area contributed by atoms with E-state index in [0.717, 1.165) is 36.8 Å². The molecule has 0 aromatic heterocycles. The SMILES string of the molecule is O=C1O[C@@H]2C[C@@]1(c1ccccc1)C[C@H]2I.O=C1O[C@@H]2C[C@@]1(c1ccccc1)C[C@H]2I. The third-order valence-electron chi connectivity index (χ3n) is 6.94. The van der Waals surface area contributed by atoms with Gasteiger partial charge in [-0.15, -0.1) is 0 Å². The summed E-state index contributed by atoms with van der Waals surface area (Å²) in [7, 11) is 0. The number of rotatable bonds is 2. The van der Waals surface area contributed by atoms with E-state index in [9.17, 15) is 9.59 Å². The Kier molecular flexibility index (Phi) is 5.36. The lowest BCUT2D eigenvalue weighted by Gasteiger charge is -2.25. The smallest absolute Gasteiger partial charge is 0.317 e. The van der Waals surface area contributed by atoms with Crippen molar-refractivity contribution in [1.29, 1.82) is 0 Å². The Labute approximate surface area is 203 Å². The Morgan fingerprint density at radius 2 is 1.00 bits per heavy atom. The zero-order chi connectivity index (χ0) is 20.9. The van der Waals surface area contributed by atoms with Gasteiger partial charge < -0.3 is 9.47 Å². The molecule has 6 heteroatoms. The normalized spacial score (nSPS) is 38.1. The van der Waals surface area contributed by atoms with Crippen molar-refractivity contribution in [2.24, 2.45) is 0 Å². The van der Waals surface area contributed by atoms with E-state index in [1.807, 2.05) is 60.7 Å². The first-order valence-electron chi connectivity index (χ1n) is 10.3. The Bertz CT molecular complexity index is 878. The van der Waals surface area contributed by atoms with Gasteiger partial charge in [0.1, 0.15) is 12.2 Å². The molecule has 30 heavy (non-hydrogen) atoms. The number of esters is 2. The molecule has 2 aromatic rings. The number of carbonyl (C=O) groups is 2. The summed E-state index contributed by atoms with van der Waals surface area (Å²) < 4.78 is 11.7. The second-order valence-corrected chi connectivity index (χ2v) is 11.8. The van der Waals surface area contributed by atoms with Crippen LogP contribution in [0, 0.1) is 0 Å². The number of hydrogen-bond acceptors (Lipinski definition) is 4. The maximum atomic E-state index is 11.9. The minimum Gasteiger partial charge on any atom is -0.461 e. The Morgan fingerprint density at radius 1 is 0.633 bits per heavy atom. The van der Waals surface area contributed by atoms with Crippen LogP contribution in [0.2, 0.25) is 0 Å². The molecule has 0 unspecified atom stereocenters. The zero-order valence-electron chi connectivity index (χ0n) is 16.3. The molecule has 0 radical (unpaired) electrons. The lowest BCUT2D eigenvalue weighted by atomic mass is 9.80. The first kappa shape index (κ1) is 20.7. The van der Waals surface area contributed by atoms with Crippen LogP contribution in [-0.4, -0.2) is 32.0 Å². The Morgan fingerprint density at radius 3 is 1.30 bits per heavy atom. The highest BCUT2D eigenvalue weighted by Gasteiger charge is 2.60. The van der Waals surface area contributed by atoms with E-state index >= 15 is 0 Å². The van der Waals surface area contributed by atoms with E-state index in [4.69, 9.17) is 9.47 Å². The highest BCUT2D eigenvalue weighted by atomic mass is 127. The average molecular weight is 628 g/mol. The highest BCUT2D eigenvalue weighted by Crippen LogP contribution is 2.52. The number of fused-ring (bicyclic) bond motifs is 4. The summed E-state index contributed by atoms with van der Waals surface area (Å²) in [4.78, 5) is 23.8. The molecule has 4 bridgehead atoms. The van der Waals surface area contributed by atoms with E-state index in [0.29, 0.717) is 7.85 Å². The van der Waals surface area contributed by atoms with Crippen LogP contribution in [0.4, 0.5) is 0 Å². The van der Waals surface area contributed by atoms with Gasteiger partial charge in [-0.2, -0.15) is 0 Å². The highest BCUT2D eigenvalue weighted by molar-refractivity contribution is 14.1. The predicted octanol–water partition coefficient (Wildman–Crippen LogP) is 4.89. The van der Waals surface area contributed by atoms with Crippen LogP contribution in [0.3, 0.4) is 0 Å². The molecule has 2 heterocycles. The van der Waals surface area contributed by atoms with Gasteiger partial charge in [0, 0.05) is 20.7 Å². The molecule has 4 fully saturated rings. The number of alkyl halides is 2. The average Bonchev–Trinajstić information content (AvgIpc) is 3.47. The number of carbonyl (C=O) groups excluding carboxylic acids is 2. The first-order valence-corrected chi connectivity index (χ1v) is 12.8. The Hall–Kier alpha value is -1.16. The standard InChI is InChI=1S/2C12H11IO2/c2*13-9-6-12(7-10(9)15-11(12)14)8-4-2-1-3-5-8/h2*1-5,9-10H,6-7H2/t2*9-,10-,12-/m11/s1. The van der Waals surface area contributed by atoms with Crippen molar-refractivity contribution in [2.45, 2.75) is 56.6 Å². The minimum atomic E-state index is -0.336. The molecule has 4 nitrogen and oxygen atoms in total. The van der Waals surface area contributed by atoms with Crippen LogP contribution in [0.15, 0.2) is 60.7 Å². The summed E-state index contributed by atoms with van der Waals surface area (Å²) in [5.74, 6) is -0.0433. The van der Waals surface area contributed by atoms with Crippen molar-refractivity contribution >= 4 is 57.1 Å². The molecule has 2 aliphatic heterocycles. The third-order valence-corrected chi connectivity index (χ3v) is 9.43. The third kappa shape index (κ3) is 3.20. The van der Waals surface area contributed by atoms with Crippen LogP contribution in [0.5, 0.6) is 0 Å². The van der Waals surface area contributed by atoms with Gasteiger partial charge in [-0.25, -0.2) is 0 Å². The van der Waals surface area contributed by atoms with Crippen molar-refractivity contribution < 1.29 is 19.1 Å². The molecule has 2 saturated carbocycles. The van der Waals surface area contributed by atoms with Crippen molar-refractivity contribution in [2.75, 3.05) is 0 Å². The lowest BCUT2D eigenvalue weighted by Crippen LogP contribution is -2.34. The molecule has 4 aliphatic rings. The molecular formula is C24H22I2O4. The maximum absolute atomic E-state index is 11.9. The fourth-order valence-corrected chi connectivity index (χ4v) is 7.63. The summed E-state index contributed by atoms with van der Waals surface area (Å²) in [6, 6.07) is 20.1. The summed E-state index contributed by atoms with van der Waals surface area (Å²) in [5.41, 5.74) is 1.57. The molecule has 0 amide bonds. The molecule has 156 valence electrons. The summed E-state index contributed by atoms with van der Waals surface area (Å²) >= 11 is 4.79. The molecule has 2 aromatic carbocycles. The van der Waals surface area contributed by atoms with E-state index in [1.54, 1.807) is 0 Å². The van der Waals surface area contributed by atoms with Crippen LogP contribution in [-0.2, 0) is 29.9 Å². The van der Waals surface area contributed by atoms with Gasteiger partial charge in [0.25, 0.3) is 0 Å². The summed E-state index contributed by atoms with van der Waals surface area (Å²) in [6.07, 6.45) is 3.87. The van der Waals surface area contributed by atoms with E-state index in [-0.39, 0.29) is 35.0 Å². The minimum absolute atomic E-state index is 0.0217. The van der Waals surface area contributed by atoms with Gasteiger partial charge in [-0.1, -0.05) is 106 Å². The number of ether oxygens (including phenoxy) is 2. The van der Waals surface area contributed by atoms with E-state index in [1.165, 1.54) is 0 Å². The predicted molar refractivity (Wildman–Crippen MR) is 130 cm³/mol. The van der Waals surface area contributed by atoms with Crippen molar-refractivity contribution in [3.05, 3.63) is 71.8 Å². The summed E-state index contributed by atoms with van der Waals surface area (Å²) in [6.45, 7) is 0. The van der Waals surface area contributed by atoms with Crippen molar-refractivity contribution in [1.82, 2.24) is 0 Å². The first-order chi connectivity index (χ1) is 14.4. The van der Waals surface area contributed by atoms with Gasteiger partial charge in [0.15, 0.2) is 0 Å². The molecule has 6 atom stereocenters. The van der Waals surface area contributed by atoms with Crippen LogP contribution < -0.4 is 0 Å². The topological polar surface area (TPSA) is 52.6 Å². The van der Waals surface area contributed by atoms with Gasteiger partial charge in [-0.3, -0.25) is 9.59 Å². The zero-order valence-corrected chi connectivity index (χ0v) is 20.6. The van der Waals surface area contributed by atoms with Crippen molar-refractivity contribution in [3.63, 3.8) is 0 Å². The maximum Gasteiger partial charge on any atom is 0.317 e. The second kappa shape index (κ2) is 7.76. The largest absolute Gasteiger partial charge is 0.461 e. The van der Waals surface area contributed by atoms with Gasteiger partial charge in [0.2, 0.25) is 0 Å². The van der Waals surface area contributed by atoms with Crippen LogP contribution in [0.25, 0.3) is 0 Å². The monoisotopic (exact) mass is 628 g/mol. The lowest BCUT2D eigenvalue weighted by molar-refractivity contribution is -0.149. The molecular weight excluding hydrogens is 606 g/mol. The molecule has 2 aliphatic carbocycles. The quantitative estimate of drug-likeness (QED) is 0.270. The molecule has 2 saturated heterocycles. The number of benzene rings is 2. The molecule has 0 N–H and O–H groups in total. The second-order valence-electron chi connectivity index (χ2n) is 8.63. The summed E-state index contributed by atoms with van der Waals surface area (Å²) in [5, 5.41) is 0. The van der Waals surface area contributed by atoms with Crippen LogP contribution >= 0.6 is 45.2 Å². The molecule has 6 rings (SSSR count). The van der Waals surface area contributed by atoms with Crippen LogP contribution in [0.1, 0.15) is 36.8 Å². The van der Waals surface area contributed by atoms with E-state index in [2.05, 4.69) is 45.2 Å². The van der Waals surface area contributed by atoms with Crippen molar-refractivity contribution in [3.8, 4) is 0 Å². The molecule has 0 spiro atoms. The fourth-order valence-electron chi connectivity index (χ4n) is 5.32. The van der Waals surface area contributed by atoms with Gasteiger partial charge in [-0.05, 0) is 24.0 Å². The van der Waals surface area contributed by atoms with Gasteiger partial charge >= 0.3 is 11.9 Å². The Balaban J connectivity index is 0.000000128. The van der Waals surface area contributed by atoms with Gasteiger partial charge in [0.05, 0.1) is 10.8 Å². The van der Waals surface area contributed by atoms with E-state index < -0.39 is 0 Å². The number of halogens is 2. The fraction of sp³-hybridized carbons (Fsp3) is 0.417. The number of hydrogen-bond donors (Lipinski definition) is 0.